The first-order valence-corrected chi connectivity index (χ1v) is 13.3. The van der Waals surface area contributed by atoms with Crippen molar-refractivity contribution < 1.29 is 69.0 Å². The molecule has 2 aliphatic heterocycles. The summed E-state index contributed by atoms with van der Waals surface area (Å²) in [6.45, 7) is -1.50. The summed E-state index contributed by atoms with van der Waals surface area (Å²) < 4.78 is 33.6. The first-order chi connectivity index (χ1) is 20.6. The topological polar surface area (TPSA) is 238 Å². The zero-order chi connectivity index (χ0) is 31.0. The predicted molar refractivity (Wildman–Crippen MR) is 143 cm³/mol. The van der Waals surface area contributed by atoms with Gasteiger partial charge in [0.25, 0.3) is 0 Å². The Balaban J connectivity index is 1.41. The van der Waals surface area contributed by atoms with Crippen LogP contribution >= 0.6 is 0 Å². The van der Waals surface area contributed by atoms with Crippen molar-refractivity contribution in [3.8, 4) is 28.6 Å². The number of fused-ring (bicyclic) bond motifs is 1. The molecule has 5 rings (SSSR count). The molecule has 15 nitrogen and oxygen atoms in total. The van der Waals surface area contributed by atoms with Gasteiger partial charge in [-0.25, -0.2) is 0 Å². The van der Waals surface area contributed by atoms with Gasteiger partial charge in [0.15, 0.2) is 11.7 Å². The molecule has 3 heterocycles. The van der Waals surface area contributed by atoms with E-state index in [-0.39, 0.29) is 34.0 Å². The summed E-state index contributed by atoms with van der Waals surface area (Å²) in [7, 11) is 1.37. The average molecular weight is 609 g/mol. The van der Waals surface area contributed by atoms with Crippen LogP contribution in [0, 0.1) is 0 Å². The number of ether oxygens (including phenoxy) is 5. The highest BCUT2D eigenvalue weighted by molar-refractivity contribution is 5.86. The molecule has 1 aromatic heterocycles. The van der Waals surface area contributed by atoms with E-state index in [2.05, 4.69) is 0 Å². The maximum absolute atomic E-state index is 13.2. The number of aromatic hydroxyl groups is 1. The first kappa shape index (κ1) is 31.1. The van der Waals surface area contributed by atoms with Crippen molar-refractivity contribution >= 4 is 11.0 Å². The number of hydrogen-bond acceptors (Lipinski definition) is 15. The maximum Gasteiger partial charge on any atom is 0.229 e. The highest BCUT2D eigenvalue weighted by Crippen LogP contribution is 2.35. The first-order valence-electron chi connectivity index (χ1n) is 13.3. The van der Waals surface area contributed by atoms with Crippen molar-refractivity contribution in [1.82, 2.24) is 0 Å². The standard InChI is InChI=1S/C28H32O15/c1-38-13-6-16-20(14(32)8-15(39-16)11-2-4-12(31)5-3-11)17(7-13)40-27-25(37)23(35)26(19(10-30)42-27)43-28-24(36)22(34)21(33)18(9-29)41-28/h2-8,18-19,21-31,33-37H,9-10H2,1H3/t18-,19-,21-,22+,23-,24-,25-,26-,27-,28+/m1/s1. The summed E-state index contributed by atoms with van der Waals surface area (Å²) >= 11 is 0. The van der Waals surface area contributed by atoms with Crippen molar-refractivity contribution in [3.05, 3.63) is 52.7 Å². The van der Waals surface area contributed by atoms with E-state index >= 15 is 0 Å². The van der Waals surface area contributed by atoms with Crippen molar-refractivity contribution in [2.24, 2.45) is 0 Å². The number of benzene rings is 2. The second kappa shape index (κ2) is 12.7. The van der Waals surface area contributed by atoms with Crippen molar-refractivity contribution in [3.63, 3.8) is 0 Å². The monoisotopic (exact) mass is 608 g/mol. The summed E-state index contributed by atoms with van der Waals surface area (Å²) in [4.78, 5) is 13.2. The second-order valence-electron chi connectivity index (χ2n) is 10.1. The molecule has 0 aliphatic carbocycles. The lowest BCUT2D eigenvalue weighted by atomic mass is 9.97. The molecule has 2 aromatic carbocycles. The smallest absolute Gasteiger partial charge is 0.229 e. The molecule has 2 aliphatic rings. The molecule has 0 radical (unpaired) electrons. The van der Waals surface area contributed by atoms with Crippen LogP contribution in [0.2, 0.25) is 0 Å². The van der Waals surface area contributed by atoms with Gasteiger partial charge in [0.1, 0.15) is 82.8 Å². The van der Waals surface area contributed by atoms with E-state index in [1.165, 1.54) is 37.4 Å². The van der Waals surface area contributed by atoms with Gasteiger partial charge in [-0.2, -0.15) is 0 Å². The Hall–Kier alpha value is -3.35. The molecular formula is C28H32O15. The van der Waals surface area contributed by atoms with E-state index in [1.807, 2.05) is 0 Å². The van der Waals surface area contributed by atoms with Crippen LogP contribution in [-0.4, -0.2) is 123 Å². The lowest BCUT2D eigenvalue weighted by Gasteiger charge is -2.45. The van der Waals surface area contributed by atoms with Gasteiger partial charge >= 0.3 is 0 Å². The molecule has 234 valence electrons. The third-order valence-corrected chi connectivity index (χ3v) is 7.36. The molecule has 0 bridgehead atoms. The minimum absolute atomic E-state index is 0.0273. The molecule has 43 heavy (non-hydrogen) atoms. The van der Waals surface area contributed by atoms with E-state index in [4.69, 9.17) is 28.1 Å². The van der Waals surface area contributed by atoms with Crippen molar-refractivity contribution in [2.75, 3.05) is 20.3 Å². The molecular weight excluding hydrogens is 576 g/mol. The SMILES string of the molecule is COc1cc(O[C@@H]2O[C@H](CO)[C@@H](O[C@@H]3O[C@H](CO)[C@@H](O)[C@H](O)[C@H]3O)[C@H](O)[C@H]2O)c2c(=O)cc(-c3ccc(O)cc3)oc2c1. The lowest BCUT2D eigenvalue weighted by molar-refractivity contribution is -0.352. The van der Waals surface area contributed by atoms with Gasteiger partial charge < -0.3 is 69.0 Å². The average Bonchev–Trinajstić information content (AvgIpc) is 3.00. The van der Waals surface area contributed by atoms with E-state index < -0.39 is 80.1 Å². The number of hydrogen-bond donors (Lipinski definition) is 8. The second-order valence-corrected chi connectivity index (χ2v) is 10.1. The van der Waals surface area contributed by atoms with Crippen LogP contribution in [0.4, 0.5) is 0 Å². The minimum Gasteiger partial charge on any atom is -0.508 e. The van der Waals surface area contributed by atoms with Gasteiger partial charge in [0.2, 0.25) is 6.29 Å². The Bertz CT molecular complexity index is 1460. The van der Waals surface area contributed by atoms with Gasteiger partial charge in [-0.05, 0) is 24.3 Å². The minimum atomic E-state index is -1.85. The number of methoxy groups -OCH3 is 1. The van der Waals surface area contributed by atoms with Crippen LogP contribution in [-0.2, 0) is 14.2 Å². The van der Waals surface area contributed by atoms with Crippen LogP contribution < -0.4 is 14.9 Å². The summed E-state index contributed by atoms with van der Waals surface area (Å²) in [6.07, 6.45) is -16.5. The third kappa shape index (κ3) is 6.05. The highest BCUT2D eigenvalue weighted by atomic mass is 16.7. The zero-order valence-corrected chi connectivity index (χ0v) is 22.7. The van der Waals surface area contributed by atoms with Gasteiger partial charge in [-0.15, -0.1) is 0 Å². The molecule has 10 atom stereocenters. The quantitative estimate of drug-likeness (QED) is 0.140. The lowest BCUT2D eigenvalue weighted by Crippen LogP contribution is -2.65. The zero-order valence-electron chi connectivity index (χ0n) is 22.7. The van der Waals surface area contributed by atoms with Crippen LogP contribution in [0.5, 0.6) is 17.2 Å². The molecule has 15 heteroatoms. The molecule has 3 aromatic rings. The van der Waals surface area contributed by atoms with Gasteiger partial charge in [0, 0.05) is 23.8 Å². The van der Waals surface area contributed by atoms with E-state index in [0.717, 1.165) is 0 Å². The van der Waals surface area contributed by atoms with E-state index in [0.29, 0.717) is 5.56 Å². The largest absolute Gasteiger partial charge is 0.508 e. The Labute approximate surface area is 243 Å². The van der Waals surface area contributed by atoms with Crippen molar-refractivity contribution in [2.45, 2.75) is 61.4 Å². The molecule has 2 saturated heterocycles. The summed E-state index contributed by atoms with van der Waals surface area (Å²) in [6, 6.07) is 9.97. The van der Waals surface area contributed by atoms with Crippen LogP contribution in [0.25, 0.3) is 22.3 Å². The Morgan fingerprint density at radius 1 is 0.791 bits per heavy atom. The van der Waals surface area contributed by atoms with Crippen LogP contribution in [0.1, 0.15) is 0 Å². The van der Waals surface area contributed by atoms with Crippen LogP contribution in [0.15, 0.2) is 51.7 Å². The Morgan fingerprint density at radius 2 is 1.44 bits per heavy atom. The Morgan fingerprint density at radius 3 is 2.09 bits per heavy atom. The van der Waals surface area contributed by atoms with Crippen LogP contribution in [0.3, 0.4) is 0 Å². The molecule has 0 amide bonds. The summed E-state index contributed by atoms with van der Waals surface area (Å²) in [5.74, 6) is 0.289. The number of aliphatic hydroxyl groups excluding tert-OH is 7. The summed E-state index contributed by atoms with van der Waals surface area (Å²) in [5, 5.41) is 81.1. The number of aliphatic hydroxyl groups is 7. The Kier molecular flexibility index (Phi) is 9.19. The van der Waals surface area contributed by atoms with E-state index in [1.54, 1.807) is 12.1 Å². The number of phenols is 1. The fourth-order valence-electron chi connectivity index (χ4n) is 4.98. The molecule has 0 unspecified atom stereocenters. The predicted octanol–water partition coefficient (Wildman–Crippen LogP) is -1.82. The molecule has 8 N–H and O–H groups in total. The van der Waals surface area contributed by atoms with Crippen molar-refractivity contribution in [1.29, 1.82) is 0 Å². The van der Waals surface area contributed by atoms with E-state index in [9.17, 15) is 45.6 Å². The van der Waals surface area contributed by atoms with Gasteiger partial charge in [0.05, 0.1) is 20.3 Å². The number of rotatable bonds is 8. The third-order valence-electron chi connectivity index (χ3n) is 7.36. The fourth-order valence-corrected chi connectivity index (χ4v) is 4.98. The normalized spacial score (nSPS) is 32.9. The molecule has 0 spiro atoms. The molecule has 2 fully saturated rings. The number of phenolic OH excluding ortho intramolecular Hbond substituents is 1. The highest BCUT2D eigenvalue weighted by Gasteiger charge is 2.51. The summed E-state index contributed by atoms with van der Waals surface area (Å²) in [5.41, 5.74) is 0.0288. The fraction of sp³-hybridized carbons (Fsp3) is 0.464. The maximum atomic E-state index is 13.2. The van der Waals surface area contributed by atoms with Gasteiger partial charge in [-0.3, -0.25) is 4.79 Å². The van der Waals surface area contributed by atoms with Gasteiger partial charge in [-0.1, -0.05) is 0 Å². The molecule has 0 saturated carbocycles.